The number of nitrogens with one attached hydrogen (secondary N) is 1. The van der Waals surface area contributed by atoms with Gasteiger partial charge in [-0.25, -0.2) is 9.59 Å². The van der Waals surface area contributed by atoms with Crippen LogP contribution in [0.15, 0.2) is 59.6 Å². The van der Waals surface area contributed by atoms with Gasteiger partial charge in [0.05, 0.1) is 17.9 Å². The number of ether oxygens (including phenoxy) is 2. The molecule has 0 radical (unpaired) electrons. The lowest BCUT2D eigenvalue weighted by Crippen LogP contribution is -2.26. The fourth-order valence-corrected chi connectivity index (χ4v) is 1.91. The summed E-state index contributed by atoms with van der Waals surface area (Å²) in [6.45, 7) is 3.42. The number of rotatable bonds is 6. The van der Waals surface area contributed by atoms with Gasteiger partial charge in [-0.2, -0.15) is 0 Å². The van der Waals surface area contributed by atoms with Crippen LogP contribution < -0.4 is 5.32 Å². The molecule has 1 N–H and O–H groups in total. The predicted molar refractivity (Wildman–Crippen MR) is 107 cm³/mol. The smallest absolute Gasteiger partial charge is 0.347 e. The van der Waals surface area contributed by atoms with E-state index in [-0.39, 0.29) is 6.61 Å². The summed E-state index contributed by atoms with van der Waals surface area (Å²) in [7, 11) is 3.75. The van der Waals surface area contributed by atoms with Crippen LogP contribution >= 0.6 is 0 Å². The predicted octanol–water partition coefficient (Wildman–Crippen LogP) is 3.38. The molecule has 0 amide bonds. The van der Waals surface area contributed by atoms with E-state index < -0.39 is 18.0 Å². The summed E-state index contributed by atoms with van der Waals surface area (Å²) < 4.78 is 9.87. The van der Waals surface area contributed by atoms with Gasteiger partial charge in [-0.05, 0) is 57.8 Å². The van der Waals surface area contributed by atoms with E-state index >= 15 is 0 Å². The highest BCUT2D eigenvalue weighted by Gasteiger charge is 2.19. The average molecular weight is 370 g/mol. The number of hydrogen-bond donors (Lipinski definition) is 1. The zero-order valence-corrected chi connectivity index (χ0v) is 16.1. The first kappa shape index (κ1) is 22.1. The monoisotopic (exact) mass is 370 g/mol. The number of nitrogens with zero attached hydrogens (tertiary/aromatic N) is 1. The number of carbonyl (C=O) groups excluding carboxylic acids is 2. The van der Waals surface area contributed by atoms with Crippen LogP contribution in [0.3, 0.4) is 0 Å². The quantitative estimate of drug-likeness (QED) is 0.623. The summed E-state index contributed by atoms with van der Waals surface area (Å²) in [6, 6.07) is 16.4. The fourth-order valence-electron chi connectivity index (χ4n) is 1.91. The largest absolute Gasteiger partial charge is 0.463 e. The lowest BCUT2D eigenvalue weighted by molar-refractivity contribution is -0.152. The van der Waals surface area contributed by atoms with Crippen LogP contribution in [0.2, 0.25) is 0 Å². The Hall–Kier alpha value is -2.99. The van der Waals surface area contributed by atoms with Gasteiger partial charge in [0.15, 0.2) is 6.10 Å². The van der Waals surface area contributed by atoms with Crippen LogP contribution in [-0.4, -0.2) is 45.0 Å². The van der Waals surface area contributed by atoms with E-state index in [1.807, 2.05) is 44.4 Å². The van der Waals surface area contributed by atoms with Crippen LogP contribution in [0, 0.1) is 0 Å². The first-order valence-electron chi connectivity index (χ1n) is 8.67. The van der Waals surface area contributed by atoms with Gasteiger partial charge < -0.3 is 14.8 Å². The molecule has 0 heterocycles. The maximum absolute atomic E-state index is 12.0. The average Bonchev–Trinajstić information content (AvgIpc) is 2.68. The molecule has 1 unspecified atom stereocenters. The minimum atomic E-state index is -0.937. The van der Waals surface area contributed by atoms with Crippen molar-refractivity contribution in [1.29, 1.82) is 0 Å². The Morgan fingerprint density at radius 3 is 2.22 bits per heavy atom. The van der Waals surface area contributed by atoms with Crippen molar-refractivity contribution in [1.82, 2.24) is 5.32 Å². The normalized spacial score (nSPS) is 11.3. The maximum atomic E-state index is 12.0. The first-order valence-corrected chi connectivity index (χ1v) is 8.67. The van der Waals surface area contributed by atoms with Gasteiger partial charge in [0, 0.05) is 6.21 Å². The SMILES string of the molecule is CCOC(=O)C(C)OC(=O)c1ccc(N=Cc2ccccc2)cc1.CNC. The summed E-state index contributed by atoms with van der Waals surface area (Å²) in [5, 5.41) is 2.75. The zero-order valence-electron chi connectivity index (χ0n) is 16.1. The third-order valence-corrected chi connectivity index (χ3v) is 3.17. The minimum Gasteiger partial charge on any atom is -0.463 e. The molecule has 0 saturated heterocycles. The van der Waals surface area contributed by atoms with Gasteiger partial charge in [0.2, 0.25) is 0 Å². The molecule has 0 fully saturated rings. The number of aliphatic imine (C=N–C) groups is 1. The highest BCUT2D eigenvalue weighted by Crippen LogP contribution is 2.14. The standard InChI is InChI=1S/C19H19NO4.C2H7N/c1-3-23-18(21)14(2)24-19(22)16-9-11-17(12-10-16)20-13-15-7-5-4-6-8-15;1-3-2/h4-14H,3H2,1-2H3;3H,1-2H3. The van der Waals surface area contributed by atoms with Gasteiger partial charge in [0.25, 0.3) is 0 Å². The topological polar surface area (TPSA) is 77.0 Å². The van der Waals surface area contributed by atoms with E-state index in [0.29, 0.717) is 11.3 Å². The van der Waals surface area contributed by atoms with Crippen molar-refractivity contribution in [3.63, 3.8) is 0 Å². The Kier molecular flexibility index (Phi) is 10.1. The second kappa shape index (κ2) is 12.4. The Labute approximate surface area is 160 Å². The van der Waals surface area contributed by atoms with Gasteiger partial charge in [-0.15, -0.1) is 0 Å². The highest BCUT2D eigenvalue weighted by atomic mass is 16.6. The molecule has 144 valence electrons. The summed E-state index contributed by atoms with van der Waals surface area (Å²) in [5.74, 6) is -1.14. The molecule has 0 spiro atoms. The van der Waals surface area contributed by atoms with E-state index in [2.05, 4.69) is 10.3 Å². The molecule has 2 aromatic rings. The molecule has 2 rings (SSSR count). The molecule has 0 aliphatic carbocycles. The lowest BCUT2D eigenvalue weighted by Gasteiger charge is -2.11. The molecule has 2 aromatic carbocycles. The van der Waals surface area contributed by atoms with E-state index in [1.54, 1.807) is 37.4 Å². The second-order valence-electron chi connectivity index (χ2n) is 5.52. The molecular weight excluding hydrogens is 344 g/mol. The highest BCUT2D eigenvalue weighted by molar-refractivity contribution is 5.92. The zero-order chi connectivity index (χ0) is 20.1. The maximum Gasteiger partial charge on any atom is 0.347 e. The van der Waals surface area contributed by atoms with E-state index in [9.17, 15) is 9.59 Å². The fraction of sp³-hybridized carbons (Fsp3) is 0.286. The third kappa shape index (κ3) is 8.29. The van der Waals surface area contributed by atoms with Crippen LogP contribution in [0.4, 0.5) is 5.69 Å². The lowest BCUT2D eigenvalue weighted by atomic mass is 10.2. The van der Waals surface area contributed by atoms with E-state index in [1.165, 1.54) is 6.92 Å². The van der Waals surface area contributed by atoms with E-state index in [0.717, 1.165) is 5.56 Å². The number of esters is 2. The molecule has 0 bridgehead atoms. The molecule has 0 aliphatic heterocycles. The van der Waals surface area contributed by atoms with Crippen LogP contribution in [0.5, 0.6) is 0 Å². The molecule has 0 aromatic heterocycles. The molecule has 0 saturated carbocycles. The summed E-state index contributed by atoms with van der Waals surface area (Å²) >= 11 is 0. The van der Waals surface area contributed by atoms with Crippen molar-refractivity contribution in [2.24, 2.45) is 4.99 Å². The second-order valence-corrected chi connectivity index (χ2v) is 5.52. The van der Waals surface area contributed by atoms with Crippen molar-refractivity contribution in [3.8, 4) is 0 Å². The Morgan fingerprint density at radius 2 is 1.67 bits per heavy atom. The molecule has 6 heteroatoms. The van der Waals surface area contributed by atoms with Gasteiger partial charge >= 0.3 is 11.9 Å². The van der Waals surface area contributed by atoms with Gasteiger partial charge in [-0.1, -0.05) is 30.3 Å². The summed E-state index contributed by atoms with van der Waals surface area (Å²) in [4.78, 5) is 27.8. The van der Waals surface area contributed by atoms with Crippen molar-refractivity contribution < 1.29 is 19.1 Å². The van der Waals surface area contributed by atoms with Crippen LogP contribution in [0.1, 0.15) is 29.8 Å². The summed E-state index contributed by atoms with van der Waals surface area (Å²) in [5.41, 5.74) is 2.06. The number of hydrogen-bond acceptors (Lipinski definition) is 6. The van der Waals surface area contributed by atoms with E-state index in [4.69, 9.17) is 9.47 Å². The molecular formula is C21H26N2O4. The Morgan fingerprint density at radius 1 is 1.07 bits per heavy atom. The van der Waals surface area contributed by atoms with Crippen molar-refractivity contribution >= 4 is 23.8 Å². The van der Waals surface area contributed by atoms with Crippen molar-refractivity contribution in [2.45, 2.75) is 20.0 Å². The summed E-state index contributed by atoms with van der Waals surface area (Å²) in [6.07, 6.45) is 0.809. The molecule has 0 aliphatic rings. The first-order chi connectivity index (χ1) is 13.0. The minimum absolute atomic E-state index is 0.245. The van der Waals surface area contributed by atoms with Crippen LogP contribution in [0.25, 0.3) is 0 Å². The van der Waals surface area contributed by atoms with Gasteiger partial charge in [-0.3, -0.25) is 4.99 Å². The van der Waals surface area contributed by atoms with Crippen LogP contribution in [-0.2, 0) is 14.3 Å². The van der Waals surface area contributed by atoms with Gasteiger partial charge in [0.1, 0.15) is 0 Å². The molecule has 1 atom stereocenters. The Bertz CT molecular complexity index is 728. The molecule has 6 nitrogen and oxygen atoms in total. The Balaban J connectivity index is 0.00000114. The van der Waals surface area contributed by atoms with Crippen molar-refractivity contribution in [3.05, 3.63) is 65.7 Å². The number of carbonyl (C=O) groups is 2. The number of benzene rings is 2. The third-order valence-electron chi connectivity index (χ3n) is 3.17. The molecule has 27 heavy (non-hydrogen) atoms. The van der Waals surface area contributed by atoms with Crippen molar-refractivity contribution in [2.75, 3.05) is 20.7 Å².